The Kier molecular flexibility index (Phi) is 5.77. The van der Waals surface area contributed by atoms with Gasteiger partial charge in [-0.1, -0.05) is 15.9 Å². The van der Waals surface area contributed by atoms with E-state index < -0.39 is 4.92 Å². The maximum Gasteiger partial charge on any atom is 0.269 e. The number of nitro benzene ring substituents is 1. The summed E-state index contributed by atoms with van der Waals surface area (Å²) in [5.74, 6) is -0.183. The van der Waals surface area contributed by atoms with E-state index >= 15 is 0 Å². The van der Waals surface area contributed by atoms with Crippen molar-refractivity contribution in [1.82, 2.24) is 5.32 Å². The number of non-ortho nitro benzene ring substituents is 1. The number of rotatable bonds is 6. The maximum atomic E-state index is 11.8. The first-order chi connectivity index (χ1) is 8.56. The van der Waals surface area contributed by atoms with Crippen LogP contribution in [0, 0.1) is 17.0 Å². The number of amides is 1. The minimum atomic E-state index is -0.468. The van der Waals surface area contributed by atoms with Gasteiger partial charge in [0, 0.05) is 29.6 Å². The minimum absolute atomic E-state index is 0.00309. The topological polar surface area (TPSA) is 72.2 Å². The summed E-state index contributed by atoms with van der Waals surface area (Å²) in [6.07, 6.45) is 1.91. The summed E-state index contributed by atoms with van der Waals surface area (Å²) in [5, 5.41) is 14.3. The molecule has 0 radical (unpaired) electrons. The van der Waals surface area contributed by atoms with E-state index in [2.05, 4.69) is 21.2 Å². The van der Waals surface area contributed by atoms with Crippen LogP contribution in [0.4, 0.5) is 5.69 Å². The lowest BCUT2D eigenvalue weighted by Crippen LogP contribution is -2.25. The molecule has 0 fully saturated rings. The number of hydrogen-bond donors (Lipinski definition) is 1. The quantitative estimate of drug-likeness (QED) is 0.380. The van der Waals surface area contributed by atoms with Crippen molar-refractivity contribution in [2.45, 2.75) is 19.8 Å². The molecule has 1 rings (SSSR count). The number of unbranched alkanes of at least 4 members (excludes halogenated alkanes) is 1. The summed E-state index contributed by atoms with van der Waals surface area (Å²) >= 11 is 3.32. The van der Waals surface area contributed by atoms with Crippen LogP contribution in [-0.2, 0) is 0 Å². The van der Waals surface area contributed by atoms with E-state index in [1.807, 2.05) is 0 Å². The Morgan fingerprint density at radius 1 is 1.44 bits per heavy atom. The van der Waals surface area contributed by atoms with Gasteiger partial charge in [-0.05, 0) is 31.4 Å². The van der Waals surface area contributed by atoms with Gasteiger partial charge < -0.3 is 5.32 Å². The van der Waals surface area contributed by atoms with Crippen LogP contribution in [0.15, 0.2) is 18.2 Å². The summed E-state index contributed by atoms with van der Waals surface area (Å²) in [4.78, 5) is 21.9. The summed E-state index contributed by atoms with van der Waals surface area (Å²) in [5.41, 5.74) is 1.10. The van der Waals surface area contributed by atoms with Crippen molar-refractivity contribution in [1.29, 1.82) is 0 Å². The average molecular weight is 315 g/mol. The van der Waals surface area contributed by atoms with Gasteiger partial charge in [0.25, 0.3) is 11.6 Å². The van der Waals surface area contributed by atoms with E-state index in [-0.39, 0.29) is 11.6 Å². The summed E-state index contributed by atoms with van der Waals surface area (Å²) < 4.78 is 0. The van der Waals surface area contributed by atoms with Gasteiger partial charge in [0.2, 0.25) is 0 Å². The van der Waals surface area contributed by atoms with Crippen LogP contribution in [0.5, 0.6) is 0 Å². The second-order valence-electron chi connectivity index (χ2n) is 3.91. The number of halogens is 1. The Morgan fingerprint density at radius 3 is 2.72 bits per heavy atom. The van der Waals surface area contributed by atoms with Gasteiger partial charge in [0.05, 0.1) is 4.92 Å². The van der Waals surface area contributed by atoms with Gasteiger partial charge in [-0.25, -0.2) is 0 Å². The van der Waals surface area contributed by atoms with Crippen molar-refractivity contribution < 1.29 is 9.72 Å². The van der Waals surface area contributed by atoms with Gasteiger partial charge in [0.15, 0.2) is 0 Å². The summed E-state index contributed by atoms with van der Waals surface area (Å²) in [6.45, 7) is 2.31. The number of hydrogen-bond acceptors (Lipinski definition) is 3. The van der Waals surface area contributed by atoms with Gasteiger partial charge >= 0.3 is 0 Å². The Hall–Kier alpha value is -1.43. The molecule has 0 aliphatic carbocycles. The first-order valence-corrected chi connectivity index (χ1v) is 6.77. The molecule has 0 saturated carbocycles. The van der Waals surface area contributed by atoms with Gasteiger partial charge in [-0.3, -0.25) is 14.9 Å². The molecule has 0 spiro atoms. The molecule has 0 heterocycles. The fourth-order valence-electron chi connectivity index (χ4n) is 1.53. The van der Waals surface area contributed by atoms with E-state index in [1.54, 1.807) is 6.92 Å². The van der Waals surface area contributed by atoms with Crippen LogP contribution in [0.3, 0.4) is 0 Å². The lowest BCUT2D eigenvalue weighted by Gasteiger charge is -2.07. The Balaban J connectivity index is 2.66. The highest BCUT2D eigenvalue weighted by molar-refractivity contribution is 9.09. The number of carbonyl (C=O) groups is 1. The van der Waals surface area contributed by atoms with E-state index in [0.29, 0.717) is 17.7 Å². The predicted octanol–water partition coefficient (Wildman–Crippen LogP) is 2.81. The molecule has 0 atom stereocenters. The second-order valence-corrected chi connectivity index (χ2v) is 4.70. The normalized spacial score (nSPS) is 10.1. The molecule has 0 bridgehead atoms. The molecule has 1 amide bonds. The van der Waals surface area contributed by atoms with Crippen molar-refractivity contribution in [2.24, 2.45) is 0 Å². The molecule has 0 aromatic heterocycles. The molecule has 98 valence electrons. The third kappa shape index (κ3) is 4.10. The molecule has 0 saturated heterocycles. The molecule has 0 aliphatic rings. The average Bonchev–Trinajstić information content (AvgIpc) is 2.34. The lowest BCUT2D eigenvalue weighted by molar-refractivity contribution is -0.384. The first kappa shape index (κ1) is 14.6. The highest BCUT2D eigenvalue weighted by atomic mass is 79.9. The number of alkyl halides is 1. The van der Waals surface area contributed by atoms with Crippen LogP contribution < -0.4 is 5.32 Å². The maximum absolute atomic E-state index is 11.8. The Morgan fingerprint density at radius 2 is 2.17 bits per heavy atom. The van der Waals surface area contributed by atoms with Crippen molar-refractivity contribution in [2.75, 3.05) is 11.9 Å². The zero-order valence-corrected chi connectivity index (χ0v) is 11.7. The fraction of sp³-hybridized carbons (Fsp3) is 0.417. The molecule has 1 aromatic carbocycles. The lowest BCUT2D eigenvalue weighted by atomic mass is 10.1. The van der Waals surface area contributed by atoms with Crippen molar-refractivity contribution >= 4 is 27.5 Å². The molecule has 1 N–H and O–H groups in total. The zero-order valence-electron chi connectivity index (χ0n) is 10.1. The fourth-order valence-corrected chi connectivity index (χ4v) is 1.93. The van der Waals surface area contributed by atoms with Gasteiger partial charge in [-0.15, -0.1) is 0 Å². The van der Waals surface area contributed by atoms with Crippen LogP contribution in [-0.4, -0.2) is 22.7 Å². The van der Waals surface area contributed by atoms with Crippen molar-refractivity contribution in [3.05, 3.63) is 39.4 Å². The van der Waals surface area contributed by atoms with Crippen LogP contribution >= 0.6 is 15.9 Å². The van der Waals surface area contributed by atoms with Crippen molar-refractivity contribution in [3.63, 3.8) is 0 Å². The molecule has 0 aliphatic heterocycles. The summed E-state index contributed by atoms with van der Waals surface area (Å²) in [7, 11) is 0. The van der Waals surface area contributed by atoms with Crippen LogP contribution in [0.1, 0.15) is 28.8 Å². The third-order valence-corrected chi connectivity index (χ3v) is 3.07. The largest absolute Gasteiger partial charge is 0.352 e. The molecule has 0 unspecified atom stereocenters. The smallest absolute Gasteiger partial charge is 0.269 e. The SMILES string of the molecule is Cc1cc([N+](=O)[O-])ccc1C(=O)NCCCCBr. The molecule has 1 aromatic rings. The molecular formula is C12H15BrN2O3. The Bertz CT molecular complexity index is 449. The Labute approximate surface area is 114 Å². The standard InChI is InChI=1S/C12H15BrN2O3/c1-9-8-10(15(17)18)4-5-11(9)12(16)14-7-3-2-6-13/h4-5,8H,2-3,6-7H2,1H3,(H,14,16). The third-order valence-electron chi connectivity index (χ3n) is 2.51. The predicted molar refractivity (Wildman–Crippen MR) is 73.2 cm³/mol. The van der Waals surface area contributed by atoms with E-state index in [4.69, 9.17) is 0 Å². The van der Waals surface area contributed by atoms with Crippen molar-refractivity contribution in [3.8, 4) is 0 Å². The highest BCUT2D eigenvalue weighted by Gasteiger charge is 2.12. The number of aryl methyl sites for hydroxylation is 1. The van der Waals surface area contributed by atoms with Gasteiger partial charge in [-0.2, -0.15) is 0 Å². The summed E-state index contributed by atoms with van der Waals surface area (Å²) in [6, 6.07) is 4.25. The van der Waals surface area contributed by atoms with E-state index in [1.165, 1.54) is 18.2 Å². The minimum Gasteiger partial charge on any atom is -0.352 e. The zero-order chi connectivity index (χ0) is 13.5. The number of nitro groups is 1. The second kappa shape index (κ2) is 7.10. The number of nitrogens with zero attached hydrogens (tertiary/aromatic N) is 1. The number of carbonyl (C=O) groups excluding carboxylic acids is 1. The molecule has 5 nitrogen and oxygen atoms in total. The molecular weight excluding hydrogens is 300 g/mol. The first-order valence-electron chi connectivity index (χ1n) is 5.65. The van der Waals surface area contributed by atoms with Gasteiger partial charge in [0.1, 0.15) is 0 Å². The van der Waals surface area contributed by atoms with E-state index in [9.17, 15) is 14.9 Å². The van der Waals surface area contributed by atoms with Crippen LogP contribution in [0.2, 0.25) is 0 Å². The van der Waals surface area contributed by atoms with E-state index in [0.717, 1.165) is 18.2 Å². The molecule has 6 heteroatoms. The van der Waals surface area contributed by atoms with Crippen LogP contribution in [0.25, 0.3) is 0 Å². The number of benzene rings is 1. The monoisotopic (exact) mass is 314 g/mol. The molecule has 18 heavy (non-hydrogen) atoms. The number of nitrogens with one attached hydrogen (secondary N) is 1. The highest BCUT2D eigenvalue weighted by Crippen LogP contribution is 2.16.